The van der Waals surface area contributed by atoms with Gasteiger partial charge in [-0.15, -0.1) is 0 Å². The van der Waals surface area contributed by atoms with Gasteiger partial charge in [0, 0.05) is 20.1 Å². The Morgan fingerprint density at radius 2 is 1.90 bits per heavy atom. The van der Waals surface area contributed by atoms with Gasteiger partial charge in [-0.05, 0) is 12.1 Å². The third-order valence-corrected chi connectivity index (χ3v) is 5.02. The first-order valence-corrected chi connectivity index (χ1v) is 7.48. The highest BCUT2D eigenvalue weighted by Gasteiger charge is 2.30. The molecule has 1 aromatic carbocycles. The van der Waals surface area contributed by atoms with Gasteiger partial charge < -0.3 is 9.84 Å². The summed E-state index contributed by atoms with van der Waals surface area (Å²) in [6, 6.07) is 6.01. The second-order valence-electron chi connectivity index (χ2n) is 4.31. The highest BCUT2D eigenvalue weighted by atomic mass is 32.2. The molecule has 1 fully saturated rings. The highest BCUT2D eigenvalue weighted by Crippen LogP contribution is 2.23. The van der Waals surface area contributed by atoms with Gasteiger partial charge in [-0.25, -0.2) is 4.79 Å². The van der Waals surface area contributed by atoms with E-state index < -0.39 is 16.2 Å². The molecule has 0 unspecified atom stereocenters. The molecule has 0 amide bonds. The Morgan fingerprint density at radius 1 is 1.30 bits per heavy atom. The highest BCUT2D eigenvalue weighted by molar-refractivity contribution is 7.90. The Kier molecular flexibility index (Phi) is 4.26. The molecule has 1 N–H and O–H groups in total. The van der Waals surface area contributed by atoms with Crippen LogP contribution in [0.4, 0.5) is 5.69 Å². The standard InChI is InChI=1S/C12H16N2O5S/c1-13(11-5-3-2-4-10(11)12(15)16)20(17,18)14-6-8-19-9-7-14/h2-5H,6-9H2,1H3,(H,15,16). The zero-order valence-electron chi connectivity index (χ0n) is 11.0. The number of benzene rings is 1. The molecule has 0 saturated carbocycles. The first kappa shape index (κ1) is 14.8. The fraction of sp³-hybridized carbons (Fsp3) is 0.417. The molecule has 0 aromatic heterocycles. The fourth-order valence-electron chi connectivity index (χ4n) is 2.00. The quantitative estimate of drug-likeness (QED) is 0.869. The van der Waals surface area contributed by atoms with Crippen molar-refractivity contribution in [3.05, 3.63) is 29.8 Å². The van der Waals surface area contributed by atoms with E-state index in [1.54, 1.807) is 12.1 Å². The molecule has 1 aliphatic heterocycles. The lowest BCUT2D eigenvalue weighted by Crippen LogP contribution is -2.47. The molecule has 1 saturated heterocycles. The van der Waals surface area contributed by atoms with Crippen LogP contribution in [0.2, 0.25) is 0 Å². The molecule has 1 heterocycles. The van der Waals surface area contributed by atoms with Crippen LogP contribution in [0.15, 0.2) is 24.3 Å². The van der Waals surface area contributed by atoms with Crippen LogP contribution in [0.3, 0.4) is 0 Å². The number of morpholine rings is 1. The van der Waals surface area contributed by atoms with Crippen LogP contribution in [-0.2, 0) is 14.9 Å². The summed E-state index contributed by atoms with van der Waals surface area (Å²) in [6.07, 6.45) is 0. The van der Waals surface area contributed by atoms with Gasteiger partial charge in [0.05, 0.1) is 24.5 Å². The van der Waals surface area contributed by atoms with Crippen molar-refractivity contribution in [1.29, 1.82) is 0 Å². The summed E-state index contributed by atoms with van der Waals surface area (Å²) in [6.45, 7) is 1.21. The third-order valence-electron chi connectivity index (χ3n) is 3.12. The van der Waals surface area contributed by atoms with Crippen LogP contribution in [0.25, 0.3) is 0 Å². The first-order chi connectivity index (χ1) is 9.44. The minimum atomic E-state index is -3.75. The Bertz CT molecular complexity index is 596. The number of carboxylic acids is 1. The summed E-state index contributed by atoms with van der Waals surface area (Å²) < 4.78 is 32.3. The number of carboxylic acid groups (broad SMARTS) is 1. The smallest absolute Gasteiger partial charge is 0.337 e. The van der Waals surface area contributed by atoms with E-state index in [2.05, 4.69) is 0 Å². The van der Waals surface area contributed by atoms with Crippen molar-refractivity contribution in [1.82, 2.24) is 4.31 Å². The lowest BCUT2D eigenvalue weighted by atomic mass is 10.2. The lowest BCUT2D eigenvalue weighted by Gasteiger charge is -2.31. The zero-order chi connectivity index (χ0) is 14.8. The van der Waals surface area contributed by atoms with Gasteiger partial charge in [-0.1, -0.05) is 12.1 Å². The Labute approximate surface area is 117 Å². The number of ether oxygens (including phenoxy) is 1. The Hall–Kier alpha value is -1.64. The predicted octanol–water partition coefficient (Wildman–Crippen LogP) is 0.398. The summed E-state index contributed by atoms with van der Waals surface area (Å²) in [7, 11) is -2.39. The van der Waals surface area contributed by atoms with Crippen LogP contribution in [0, 0.1) is 0 Å². The van der Waals surface area contributed by atoms with Gasteiger partial charge in [0.2, 0.25) is 0 Å². The molecule has 0 spiro atoms. The Balaban J connectivity index is 2.35. The van der Waals surface area contributed by atoms with E-state index in [4.69, 9.17) is 9.84 Å². The maximum Gasteiger partial charge on any atom is 0.337 e. The number of hydrogen-bond acceptors (Lipinski definition) is 4. The fourth-order valence-corrected chi connectivity index (χ4v) is 3.37. The molecule has 1 aromatic rings. The molecule has 7 nitrogen and oxygen atoms in total. The molecular formula is C12H16N2O5S. The average Bonchev–Trinajstić information content (AvgIpc) is 2.47. The zero-order valence-corrected chi connectivity index (χ0v) is 11.8. The topological polar surface area (TPSA) is 87.2 Å². The van der Waals surface area contributed by atoms with E-state index in [1.807, 2.05) is 0 Å². The number of carbonyl (C=O) groups is 1. The van der Waals surface area contributed by atoms with Crippen molar-refractivity contribution >= 4 is 21.9 Å². The second kappa shape index (κ2) is 5.78. The second-order valence-corrected chi connectivity index (χ2v) is 6.27. The number of nitrogens with zero attached hydrogens (tertiary/aromatic N) is 2. The predicted molar refractivity (Wildman–Crippen MR) is 73.1 cm³/mol. The summed E-state index contributed by atoms with van der Waals surface area (Å²) in [5.41, 5.74) is 0.0957. The molecule has 0 aliphatic carbocycles. The van der Waals surface area contributed by atoms with Crippen molar-refractivity contribution in [2.75, 3.05) is 37.7 Å². The SMILES string of the molecule is CN(c1ccccc1C(=O)O)S(=O)(=O)N1CCOCC1. The van der Waals surface area contributed by atoms with Crippen LogP contribution >= 0.6 is 0 Å². The summed E-state index contributed by atoms with van der Waals surface area (Å²) in [5.74, 6) is -1.16. The number of anilines is 1. The third kappa shape index (κ3) is 2.77. The lowest BCUT2D eigenvalue weighted by molar-refractivity contribution is 0.0697. The average molecular weight is 300 g/mol. The Morgan fingerprint density at radius 3 is 2.50 bits per heavy atom. The molecule has 0 bridgehead atoms. The molecular weight excluding hydrogens is 284 g/mol. The van der Waals surface area contributed by atoms with E-state index >= 15 is 0 Å². The maximum atomic E-state index is 12.5. The van der Waals surface area contributed by atoms with Crippen molar-refractivity contribution in [3.63, 3.8) is 0 Å². The van der Waals surface area contributed by atoms with Gasteiger partial charge in [0.25, 0.3) is 0 Å². The monoisotopic (exact) mass is 300 g/mol. The van der Waals surface area contributed by atoms with E-state index in [9.17, 15) is 13.2 Å². The van der Waals surface area contributed by atoms with Gasteiger partial charge >= 0.3 is 16.2 Å². The van der Waals surface area contributed by atoms with Gasteiger partial charge in [0.15, 0.2) is 0 Å². The summed E-state index contributed by atoms with van der Waals surface area (Å²) in [4.78, 5) is 11.2. The van der Waals surface area contributed by atoms with Crippen LogP contribution in [0.5, 0.6) is 0 Å². The number of hydrogen-bond donors (Lipinski definition) is 1. The number of rotatable bonds is 4. The van der Waals surface area contributed by atoms with Crippen molar-refractivity contribution in [2.24, 2.45) is 0 Å². The minimum absolute atomic E-state index is 0.0492. The largest absolute Gasteiger partial charge is 0.478 e. The van der Waals surface area contributed by atoms with Crippen LogP contribution < -0.4 is 4.31 Å². The molecule has 1 aliphatic rings. The van der Waals surface area contributed by atoms with E-state index in [1.165, 1.54) is 23.5 Å². The first-order valence-electron chi connectivity index (χ1n) is 6.08. The number of para-hydroxylation sites is 1. The van der Waals surface area contributed by atoms with Crippen LogP contribution in [-0.4, -0.2) is 57.1 Å². The van der Waals surface area contributed by atoms with Crippen molar-refractivity contribution < 1.29 is 23.1 Å². The summed E-state index contributed by atoms with van der Waals surface area (Å²) >= 11 is 0. The number of aromatic carboxylic acids is 1. The van der Waals surface area contributed by atoms with E-state index in [-0.39, 0.29) is 24.3 Å². The van der Waals surface area contributed by atoms with E-state index in [0.717, 1.165) is 4.31 Å². The summed E-state index contributed by atoms with van der Waals surface area (Å²) in [5, 5.41) is 9.14. The van der Waals surface area contributed by atoms with Crippen molar-refractivity contribution in [2.45, 2.75) is 0 Å². The molecule has 2 rings (SSSR count). The minimum Gasteiger partial charge on any atom is -0.478 e. The van der Waals surface area contributed by atoms with Crippen molar-refractivity contribution in [3.8, 4) is 0 Å². The molecule has 110 valence electrons. The maximum absolute atomic E-state index is 12.5. The van der Waals surface area contributed by atoms with Gasteiger partial charge in [-0.2, -0.15) is 12.7 Å². The van der Waals surface area contributed by atoms with E-state index in [0.29, 0.717) is 13.2 Å². The normalized spacial score (nSPS) is 16.9. The van der Waals surface area contributed by atoms with Gasteiger partial charge in [-0.3, -0.25) is 4.31 Å². The molecule has 0 radical (unpaired) electrons. The van der Waals surface area contributed by atoms with Gasteiger partial charge in [0.1, 0.15) is 0 Å². The molecule has 0 atom stereocenters. The van der Waals surface area contributed by atoms with Crippen LogP contribution in [0.1, 0.15) is 10.4 Å². The molecule has 20 heavy (non-hydrogen) atoms. The molecule has 8 heteroatoms.